The number of alkyl halides is 3. The summed E-state index contributed by atoms with van der Waals surface area (Å²) < 4.78 is 78.6. The maximum absolute atomic E-state index is 13.1. The third kappa shape index (κ3) is 4.35. The topological polar surface area (TPSA) is 55.8 Å². The third-order valence-electron chi connectivity index (χ3n) is 6.08. The summed E-state index contributed by atoms with van der Waals surface area (Å²) in [7, 11) is -4.82. The van der Waals surface area contributed by atoms with E-state index in [1.807, 2.05) is 27.7 Å². The van der Waals surface area contributed by atoms with Crippen molar-refractivity contribution in [2.45, 2.75) is 69.7 Å². The van der Waals surface area contributed by atoms with Gasteiger partial charge in [0, 0.05) is 13.1 Å². The Morgan fingerprint density at radius 2 is 1.69 bits per heavy atom. The van der Waals surface area contributed by atoms with Crippen LogP contribution in [0, 0.1) is 12.8 Å². The van der Waals surface area contributed by atoms with Crippen LogP contribution < -0.4 is 5.46 Å². The van der Waals surface area contributed by atoms with Crippen molar-refractivity contribution in [2.75, 3.05) is 13.1 Å². The fourth-order valence-corrected chi connectivity index (χ4v) is 5.28. The highest BCUT2D eigenvalue weighted by atomic mass is 32.2. The van der Waals surface area contributed by atoms with Crippen molar-refractivity contribution < 1.29 is 30.9 Å². The molecular formula is C19H27BF3NO4S. The fraction of sp³-hybridized carbons (Fsp3) is 0.684. The minimum absolute atomic E-state index is 0.0370. The lowest BCUT2D eigenvalue weighted by molar-refractivity contribution is -0.182. The summed E-state index contributed by atoms with van der Waals surface area (Å²) in [6.45, 7) is 8.84. The Kier molecular flexibility index (Phi) is 5.65. The van der Waals surface area contributed by atoms with E-state index in [1.54, 1.807) is 13.0 Å². The van der Waals surface area contributed by atoms with Crippen molar-refractivity contribution in [3.05, 3.63) is 23.8 Å². The second-order valence-corrected chi connectivity index (χ2v) is 10.8. The lowest BCUT2D eigenvalue weighted by Crippen LogP contribution is -2.45. The standard InChI is InChI=1S/C19H27BF3NO4S/c1-13-9-15(20-27-17(2,3)18(4,5)28-20)11-16(10-13)29(25,26)24-8-6-7-14(12-24)19(21,22)23/h9-11,14H,6-8,12H2,1-5H3. The Labute approximate surface area is 170 Å². The van der Waals surface area contributed by atoms with Gasteiger partial charge in [0.05, 0.1) is 22.0 Å². The monoisotopic (exact) mass is 433 g/mol. The molecule has 0 radical (unpaired) electrons. The summed E-state index contributed by atoms with van der Waals surface area (Å²) in [5.41, 5.74) is 0.0207. The van der Waals surface area contributed by atoms with E-state index in [2.05, 4.69) is 0 Å². The van der Waals surface area contributed by atoms with Crippen LogP contribution in [0.4, 0.5) is 13.2 Å². The summed E-state index contributed by atoms with van der Waals surface area (Å²) in [5, 5.41) is 0. The highest BCUT2D eigenvalue weighted by molar-refractivity contribution is 7.89. The minimum Gasteiger partial charge on any atom is -0.399 e. The number of aryl methyl sites for hydroxylation is 1. The second-order valence-electron chi connectivity index (χ2n) is 8.91. The van der Waals surface area contributed by atoms with E-state index < -0.39 is 47.0 Å². The van der Waals surface area contributed by atoms with Crippen molar-refractivity contribution >= 4 is 22.6 Å². The van der Waals surface area contributed by atoms with Crippen molar-refractivity contribution in [1.82, 2.24) is 4.31 Å². The predicted octanol–water partition coefficient (Wildman–Crippen LogP) is 3.26. The first-order valence-electron chi connectivity index (χ1n) is 9.67. The van der Waals surface area contributed by atoms with Gasteiger partial charge in [-0.1, -0.05) is 11.6 Å². The number of hydrogen-bond acceptors (Lipinski definition) is 4. The Bertz CT molecular complexity index is 870. The number of rotatable bonds is 3. The summed E-state index contributed by atoms with van der Waals surface area (Å²) in [5.74, 6) is -1.64. The lowest BCUT2D eigenvalue weighted by Gasteiger charge is -2.33. The molecule has 1 aromatic carbocycles. The Morgan fingerprint density at radius 3 is 2.24 bits per heavy atom. The van der Waals surface area contributed by atoms with Crippen LogP contribution in [0.1, 0.15) is 46.1 Å². The molecule has 29 heavy (non-hydrogen) atoms. The Hall–Kier alpha value is -1.10. The largest absolute Gasteiger partial charge is 0.494 e. The molecule has 3 rings (SSSR count). The second kappa shape index (κ2) is 7.25. The molecule has 0 saturated carbocycles. The number of nitrogens with zero attached hydrogens (tertiary/aromatic N) is 1. The molecule has 2 heterocycles. The van der Waals surface area contributed by atoms with Crippen LogP contribution in [0.5, 0.6) is 0 Å². The molecule has 1 unspecified atom stereocenters. The molecule has 10 heteroatoms. The van der Waals surface area contributed by atoms with Crippen LogP contribution in [0.2, 0.25) is 0 Å². The third-order valence-corrected chi connectivity index (χ3v) is 7.93. The quantitative estimate of drug-likeness (QED) is 0.687. The number of piperidine rings is 1. The predicted molar refractivity (Wildman–Crippen MR) is 104 cm³/mol. The molecule has 162 valence electrons. The van der Waals surface area contributed by atoms with E-state index in [0.717, 1.165) is 4.31 Å². The van der Waals surface area contributed by atoms with E-state index in [-0.39, 0.29) is 24.3 Å². The maximum Gasteiger partial charge on any atom is 0.494 e. The van der Waals surface area contributed by atoms with Crippen molar-refractivity contribution in [2.24, 2.45) is 5.92 Å². The molecular weight excluding hydrogens is 406 g/mol. The smallest absolute Gasteiger partial charge is 0.399 e. The summed E-state index contributed by atoms with van der Waals surface area (Å²) in [4.78, 5) is -0.0370. The van der Waals surface area contributed by atoms with Gasteiger partial charge in [0.1, 0.15) is 0 Å². The van der Waals surface area contributed by atoms with Crippen molar-refractivity contribution in [1.29, 1.82) is 0 Å². The van der Waals surface area contributed by atoms with Gasteiger partial charge in [-0.25, -0.2) is 8.42 Å². The molecule has 1 atom stereocenters. The molecule has 2 saturated heterocycles. The number of sulfonamides is 1. The van der Waals surface area contributed by atoms with Crippen LogP contribution >= 0.6 is 0 Å². The van der Waals surface area contributed by atoms with Gasteiger partial charge in [-0.3, -0.25) is 0 Å². The average Bonchev–Trinajstić information content (AvgIpc) is 2.81. The first kappa shape index (κ1) is 22.6. The van der Waals surface area contributed by atoms with E-state index in [4.69, 9.17) is 9.31 Å². The van der Waals surface area contributed by atoms with Gasteiger partial charge in [0.2, 0.25) is 10.0 Å². The molecule has 1 aromatic rings. The molecule has 0 aliphatic carbocycles. The summed E-state index contributed by atoms with van der Waals surface area (Å²) in [6.07, 6.45) is -4.28. The first-order valence-corrected chi connectivity index (χ1v) is 11.1. The van der Waals surface area contributed by atoms with Crippen LogP contribution in [-0.2, 0) is 19.3 Å². The van der Waals surface area contributed by atoms with E-state index in [9.17, 15) is 21.6 Å². The van der Waals surface area contributed by atoms with Crippen LogP contribution in [0.25, 0.3) is 0 Å². The van der Waals surface area contributed by atoms with E-state index >= 15 is 0 Å². The van der Waals surface area contributed by atoms with E-state index in [0.29, 0.717) is 11.0 Å². The molecule has 0 bridgehead atoms. The van der Waals surface area contributed by atoms with Gasteiger partial charge < -0.3 is 9.31 Å². The zero-order valence-electron chi connectivity index (χ0n) is 17.3. The normalized spacial score (nSPS) is 25.4. The molecule has 0 N–H and O–H groups in total. The average molecular weight is 433 g/mol. The highest BCUT2D eigenvalue weighted by Crippen LogP contribution is 2.37. The van der Waals surface area contributed by atoms with Gasteiger partial charge in [0.25, 0.3) is 0 Å². The maximum atomic E-state index is 13.1. The summed E-state index contributed by atoms with van der Waals surface area (Å²) >= 11 is 0. The van der Waals surface area contributed by atoms with Crippen molar-refractivity contribution in [3.8, 4) is 0 Å². The van der Waals surface area contributed by atoms with Gasteiger partial charge in [-0.2, -0.15) is 17.5 Å². The molecule has 0 aromatic heterocycles. The van der Waals surface area contributed by atoms with Gasteiger partial charge in [-0.05, 0) is 65.1 Å². The number of hydrogen-bond donors (Lipinski definition) is 0. The highest BCUT2D eigenvalue weighted by Gasteiger charge is 2.52. The van der Waals surface area contributed by atoms with Gasteiger partial charge in [0.15, 0.2) is 0 Å². The molecule has 2 fully saturated rings. The fourth-order valence-electron chi connectivity index (χ4n) is 3.62. The van der Waals surface area contributed by atoms with Crippen molar-refractivity contribution in [3.63, 3.8) is 0 Å². The molecule has 2 aliphatic rings. The zero-order chi connectivity index (χ0) is 21.8. The van der Waals surface area contributed by atoms with Gasteiger partial charge >= 0.3 is 13.3 Å². The van der Waals surface area contributed by atoms with Crippen LogP contribution in [-0.4, -0.2) is 50.3 Å². The molecule has 5 nitrogen and oxygen atoms in total. The number of halogens is 3. The number of benzene rings is 1. The first-order chi connectivity index (χ1) is 13.1. The van der Waals surface area contributed by atoms with E-state index in [1.165, 1.54) is 12.1 Å². The molecule has 0 amide bonds. The SMILES string of the molecule is Cc1cc(B2OC(C)(C)C(C)(C)O2)cc(S(=O)(=O)N2CCCC(C(F)(F)F)C2)c1. The van der Waals surface area contributed by atoms with Gasteiger partial charge in [-0.15, -0.1) is 0 Å². The Morgan fingerprint density at radius 1 is 1.10 bits per heavy atom. The van der Waals surface area contributed by atoms with Crippen LogP contribution in [0.15, 0.2) is 23.1 Å². The zero-order valence-corrected chi connectivity index (χ0v) is 18.2. The summed E-state index contributed by atoms with van der Waals surface area (Å²) in [6, 6.07) is 4.69. The minimum atomic E-state index is -4.41. The molecule has 2 aliphatic heterocycles. The Balaban J connectivity index is 1.91. The molecule has 0 spiro atoms. The van der Waals surface area contributed by atoms with Crippen LogP contribution in [0.3, 0.4) is 0 Å². The lowest BCUT2D eigenvalue weighted by atomic mass is 9.78.